The summed E-state index contributed by atoms with van der Waals surface area (Å²) in [5, 5.41) is 2.66. The fourth-order valence-corrected chi connectivity index (χ4v) is 2.27. The molecule has 0 aliphatic rings. The van der Waals surface area contributed by atoms with Crippen LogP contribution in [-0.4, -0.2) is 37.6 Å². The maximum absolute atomic E-state index is 11.6. The zero-order chi connectivity index (χ0) is 18.1. The van der Waals surface area contributed by atoms with Crippen LogP contribution in [0.15, 0.2) is 24.8 Å². The van der Waals surface area contributed by atoms with Crippen molar-refractivity contribution in [2.45, 2.75) is 25.8 Å². The van der Waals surface area contributed by atoms with Gasteiger partial charge < -0.3 is 19.7 Å². The quantitative estimate of drug-likeness (QED) is 0.320. The number of esters is 1. The van der Waals surface area contributed by atoms with Gasteiger partial charge in [0.1, 0.15) is 11.3 Å². The van der Waals surface area contributed by atoms with E-state index in [1.165, 1.54) is 14.0 Å². The normalized spacial score (nSPS) is 11.3. The van der Waals surface area contributed by atoms with Gasteiger partial charge in [0, 0.05) is 19.5 Å². The Kier molecular flexibility index (Phi) is 8.12. The average Bonchev–Trinajstić information content (AvgIpc) is 2.54. The third-order valence-electron chi connectivity index (χ3n) is 3.09. The first-order valence-corrected chi connectivity index (χ1v) is 7.92. The average molecular weight is 354 g/mol. The lowest BCUT2D eigenvalue weighted by Gasteiger charge is -2.29. The molecule has 0 spiro atoms. The summed E-state index contributed by atoms with van der Waals surface area (Å²) in [5.74, 6) is -0.0222. The lowest BCUT2D eigenvalue weighted by molar-refractivity contribution is -0.142. The largest absolute Gasteiger partial charge is 0.495 e. The Balaban J connectivity index is 3.12. The van der Waals surface area contributed by atoms with Crippen LogP contribution in [0.5, 0.6) is 5.75 Å². The summed E-state index contributed by atoms with van der Waals surface area (Å²) in [7, 11) is 1.52. The molecule has 0 aromatic heterocycles. The van der Waals surface area contributed by atoms with Gasteiger partial charge in [0.15, 0.2) is 0 Å². The van der Waals surface area contributed by atoms with Crippen LogP contribution in [0.3, 0.4) is 0 Å². The topological polar surface area (TPSA) is 67.9 Å². The van der Waals surface area contributed by atoms with Crippen molar-refractivity contribution in [3.8, 4) is 5.75 Å². The number of rotatable bonds is 9. The number of amides is 1. The van der Waals surface area contributed by atoms with Gasteiger partial charge in [0.25, 0.3) is 0 Å². The summed E-state index contributed by atoms with van der Waals surface area (Å²) < 4.78 is 10.3. The molecule has 1 atom stereocenters. The first kappa shape index (κ1) is 19.8. The first-order chi connectivity index (χ1) is 11.4. The molecule has 131 valence electrons. The van der Waals surface area contributed by atoms with Gasteiger partial charge in [-0.3, -0.25) is 9.59 Å². The number of carbonyl (C=O) groups is 2. The van der Waals surface area contributed by atoms with Crippen LogP contribution >= 0.6 is 11.6 Å². The molecular weight excluding hydrogens is 332 g/mol. The highest BCUT2D eigenvalue weighted by Gasteiger charge is 2.20. The van der Waals surface area contributed by atoms with Crippen molar-refractivity contribution in [2.24, 2.45) is 0 Å². The van der Waals surface area contributed by atoms with Gasteiger partial charge in [-0.1, -0.05) is 24.3 Å². The SMILES string of the molecule is C=CC(Cl)N(CCC(=O)OCC)c1cc(NC(C)=O)[c]cc1OC. The molecule has 0 bridgehead atoms. The second-order valence-corrected chi connectivity index (χ2v) is 5.29. The highest BCUT2D eigenvalue weighted by molar-refractivity contribution is 6.23. The number of carbonyl (C=O) groups excluding carboxylic acids is 2. The molecule has 6 nitrogen and oxygen atoms in total. The van der Waals surface area contributed by atoms with E-state index in [2.05, 4.69) is 18.0 Å². The molecule has 1 unspecified atom stereocenters. The number of anilines is 2. The number of nitrogens with one attached hydrogen (secondary N) is 1. The lowest BCUT2D eigenvalue weighted by atomic mass is 10.2. The summed E-state index contributed by atoms with van der Waals surface area (Å²) in [4.78, 5) is 24.6. The van der Waals surface area contributed by atoms with E-state index in [0.717, 1.165) is 0 Å². The number of benzene rings is 1. The summed E-state index contributed by atoms with van der Waals surface area (Å²) in [5.41, 5.74) is 0.525. The van der Waals surface area contributed by atoms with Crippen LogP contribution in [-0.2, 0) is 14.3 Å². The van der Waals surface area contributed by atoms with Gasteiger partial charge >= 0.3 is 5.97 Å². The Morgan fingerprint density at radius 2 is 2.25 bits per heavy atom. The van der Waals surface area contributed by atoms with Crippen LogP contribution < -0.4 is 15.0 Å². The fourth-order valence-electron chi connectivity index (χ4n) is 2.07. The van der Waals surface area contributed by atoms with E-state index in [0.29, 0.717) is 30.3 Å². The maximum Gasteiger partial charge on any atom is 0.307 e. The van der Waals surface area contributed by atoms with E-state index < -0.39 is 5.50 Å². The molecule has 0 saturated heterocycles. The van der Waals surface area contributed by atoms with E-state index in [1.807, 2.05) is 0 Å². The molecule has 7 heteroatoms. The van der Waals surface area contributed by atoms with E-state index in [9.17, 15) is 9.59 Å². The Morgan fingerprint density at radius 1 is 1.54 bits per heavy atom. The Bertz CT molecular complexity index is 592. The molecule has 0 aliphatic heterocycles. The number of ether oxygens (including phenoxy) is 2. The zero-order valence-corrected chi connectivity index (χ0v) is 14.9. The third kappa shape index (κ3) is 5.77. The van der Waals surface area contributed by atoms with Gasteiger partial charge in [-0.25, -0.2) is 0 Å². The van der Waals surface area contributed by atoms with Crippen LogP contribution in [0.25, 0.3) is 0 Å². The van der Waals surface area contributed by atoms with Crippen molar-refractivity contribution in [2.75, 3.05) is 30.5 Å². The van der Waals surface area contributed by atoms with Crippen LogP contribution in [0.2, 0.25) is 0 Å². The number of methoxy groups -OCH3 is 1. The van der Waals surface area contributed by atoms with Crippen LogP contribution in [0.1, 0.15) is 20.3 Å². The molecule has 1 aromatic carbocycles. The van der Waals surface area contributed by atoms with Gasteiger partial charge in [-0.05, 0) is 19.1 Å². The van der Waals surface area contributed by atoms with E-state index in [-0.39, 0.29) is 18.3 Å². The number of hydrogen-bond donors (Lipinski definition) is 1. The first-order valence-electron chi connectivity index (χ1n) is 7.49. The molecular formula is C17H22ClN2O4. The zero-order valence-electron chi connectivity index (χ0n) is 14.1. The number of halogens is 1. The van der Waals surface area contributed by atoms with E-state index in [1.54, 1.807) is 30.0 Å². The Labute approximate surface area is 147 Å². The van der Waals surface area contributed by atoms with Crippen LogP contribution in [0.4, 0.5) is 11.4 Å². The number of alkyl halides is 1. The molecule has 0 heterocycles. The second kappa shape index (κ2) is 9.82. The summed E-state index contributed by atoms with van der Waals surface area (Å²) in [6, 6.07) is 6.20. The van der Waals surface area contributed by atoms with Gasteiger partial charge in [-0.2, -0.15) is 0 Å². The number of nitrogens with zero attached hydrogens (tertiary/aromatic N) is 1. The van der Waals surface area contributed by atoms with Crippen molar-refractivity contribution in [1.82, 2.24) is 0 Å². The maximum atomic E-state index is 11.6. The van der Waals surface area contributed by atoms with E-state index in [4.69, 9.17) is 21.1 Å². The summed E-state index contributed by atoms with van der Waals surface area (Å²) in [6.45, 7) is 7.47. The van der Waals surface area contributed by atoms with Crippen molar-refractivity contribution in [3.05, 3.63) is 30.9 Å². The second-order valence-electron chi connectivity index (χ2n) is 4.84. The highest BCUT2D eigenvalue weighted by atomic mass is 35.5. The summed E-state index contributed by atoms with van der Waals surface area (Å²) in [6.07, 6.45) is 1.70. The summed E-state index contributed by atoms with van der Waals surface area (Å²) >= 11 is 6.32. The van der Waals surface area contributed by atoms with Gasteiger partial charge in [-0.15, -0.1) is 0 Å². The van der Waals surface area contributed by atoms with Crippen molar-refractivity contribution < 1.29 is 19.1 Å². The predicted molar refractivity (Wildman–Crippen MR) is 94.6 cm³/mol. The molecule has 0 aliphatic carbocycles. The molecule has 1 rings (SSSR count). The standard InChI is InChI=1S/C17H22ClN2O4/c1-5-16(18)20(10-9-17(22)24-6-2)14-11-13(19-12(3)21)7-8-15(14)23-4/h5,8,11,16H,1,6,9-10H2,2-4H3,(H,19,21). The monoisotopic (exact) mass is 353 g/mol. The third-order valence-corrected chi connectivity index (χ3v) is 3.50. The molecule has 1 amide bonds. The van der Waals surface area contributed by atoms with E-state index >= 15 is 0 Å². The number of hydrogen-bond acceptors (Lipinski definition) is 5. The highest BCUT2D eigenvalue weighted by Crippen LogP contribution is 2.33. The predicted octanol–water partition coefficient (Wildman–Crippen LogP) is 2.96. The Morgan fingerprint density at radius 3 is 2.79 bits per heavy atom. The van der Waals surface area contributed by atoms with Crippen molar-refractivity contribution in [1.29, 1.82) is 0 Å². The lowest BCUT2D eigenvalue weighted by Crippen LogP contribution is -2.32. The Hall–Kier alpha value is -2.21. The minimum Gasteiger partial charge on any atom is -0.495 e. The minimum atomic E-state index is -0.569. The van der Waals surface area contributed by atoms with Crippen molar-refractivity contribution >= 4 is 34.9 Å². The molecule has 0 saturated carbocycles. The van der Waals surface area contributed by atoms with Crippen molar-refractivity contribution in [3.63, 3.8) is 0 Å². The van der Waals surface area contributed by atoms with Gasteiger partial charge in [0.2, 0.25) is 5.91 Å². The molecule has 1 aromatic rings. The molecule has 24 heavy (non-hydrogen) atoms. The van der Waals surface area contributed by atoms with Gasteiger partial charge in [0.05, 0.1) is 31.5 Å². The molecule has 0 fully saturated rings. The molecule has 1 radical (unpaired) electrons. The molecule has 1 N–H and O–H groups in total. The fraction of sp³-hybridized carbons (Fsp3) is 0.412. The van der Waals surface area contributed by atoms with Crippen LogP contribution in [0, 0.1) is 6.07 Å². The smallest absolute Gasteiger partial charge is 0.307 e. The minimum absolute atomic E-state index is 0.155.